The lowest BCUT2D eigenvalue weighted by Gasteiger charge is -2.13. The third kappa shape index (κ3) is 49.5. The molecule has 6 N–H and O–H groups in total. The Hall–Kier alpha value is -13.2. The summed E-state index contributed by atoms with van der Waals surface area (Å²) in [6.07, 6.45) is -48.7. The Labute approximate surface area is 961 Å². The second kappa shape index (κ2) is 72.3. The minimum absolute atomic E-state index is 0.0191. The molecule has 12 rings (SSSR count). The third-order valence-corrected chi connectivity index (χ3v) is 20.6. The highest BCUT2D eigenvalue weighted by molar-refractivity contribution is 5.48. The van der Waals surface area contributed by atoms with Gasteiger partial charge >= 0.3 is 0 Å². The van der Waals surface area contributed by atoms with Crippen LogP contribution in [0.5, 0.6) is 103 Å². The second-order valence-corrected chi connectivity index (χ2v) is 32.4. The maximum atomic E-state index is 10.5. The predicted molar refractivity (Wildman–Crippen MR) is 599 cm³/mol. The molecule has 0 heterocycles. The largest absolute Gasteiger partial charge is 0.493 e. The van der Waals surface area contributed by atoms with E-state index in [1.54, 1.807) is 109 Å². The van der Waals surface area contributed by atoms with Crippen LogP contribution in [0.4, 0.5) is 0 Å². The van der Waals surface area contributed by atoms with Gasteiger partial charge < -0.3 is 116 Å². The van der Waals surface area contributed by atoms with Crippen molar-refractivity contribution in [1.82, 2.24) is 0 Å². The highest BCUT2D eigenvalue weighted by Crippen LogP contribution is 2.36. The molecule has 816 valence electrons. The lowest BCUT2D eigenvalue weighted by molar-refractivity contribution is 0.0976. The number of methoxy groups -OCH3 is 12. The monoisotopic (exact) mass is 2110 g/mol. The molecule has 24 nitrogen and oxygen atoms in total. The first kappa shape index (κ1) is 68.6. The van der Waals surface area contributed by atoms with Crippen LogP contribution in [0.15, 0.2) is 255 Å². The Morgan fingerprint density at radius 3 is 0.647 bits per heavy atom. The summed E-state index contributed by atoms with van der Waals surface area (Å²) in [6, 6.07) is 63.8. The molecule has 0 bridgehead atoms. The zero-order valence-corrected chi connectivity index (χ0v) is 86.0. The first-order chi connectivity index (χ1) is 90.9. The van der Waals surface area contributed by atoms with E-state index in [9.17, 15) is 30.6 Å². The van der Waals surface area contributed by atoms with Gasteiger partial charge in [0.05, 0.1) is 156 Å². The zero-order chi connectivity index (χ0) is 151. The highest BCUT2D eigenvalue weighted by atomic mass is 16.5. The topological polar surface area (TPSA) is 288 Å². The minimum Gasteiger partial charge on any atom is -0.493 e. The van der Waals surface area contributed by atoms with Crippen LogP contribution in [0, 0.1) is 41.5 Å². The predicted octanol–water partition coefficient (Wildman–Crippen LogP) is 25.0. The summed E-state index contributed by atoms with van der Waals surface area (Å²) < 4.78 is 480. The first-order valence-corrected chi connectivity index (χ1v) is 47.0. The SMILES string of the molecule is [2H]C(O)(CCCCc1ccc(OC)c(OC([2H])([2H])[2H])c1)COc1cccc(C)c1.[2H]C(O)(CCCCc1ccc(OC)c(OC)c1)COc1cccc(C)c1.[2H]C([2H])(CC([2H])([2H])C([2H])([2H])c1ccc(OC)c(OC)c1)C(O)C([2H])([2H])Oc1cccc(C)c1.[2H]C([2H])([2H])Oc1cc(C([2H])([2H])C([2H])([2H])CC([2H])([2H])C(O)C([2H])([2H])Oc2cccc(C)c2)ccc1OC.[2H]C([2H])([2H])Oc1ccc(C([2H])([2H])C([2H])([2H])CC([2H])([2H])C(O)C([2H])([2H])Oc2cccc(C)c2)cc1OC.[2H]C([2H])([2H])Oc1ccc(C([2H])([2H])C([2H])([2H])CC([2H])([2H])C(O)C([2H])([2H])Oc2cccc(C)c2)cc1OC([2H])([2H])[2H]. The van der Waals surface area contributed by atoms with Gasteiger partial charge in [-0.05, 0) is 369 Å². The van der Waals surface area contributed by atoms with E-state index in [1.807, 2.05) is 80.6 Å². The van der Waals surface area contributed by atoms with E-state index in [2.05, 4.69) is 0 Å². The molecule has 0 saturated carbocycles. The molecule has 0 radical (unpaired) electrons. The molecule has 6 atom stereocenters. The number of ether oxygens (including phenoxy) is 18. The van der Waals surface area contributed by atoms with Crippen LogP contribution in [-0.2, 0) is 38.3 Å². The van der Waals surface area contributed by atoms with Gasteiger partial charge in [-0.1, -0.05) is 148 Å². The lowest BCUT2D eigenvalue weighted by Crippen LogP contribution is -2.17. The Bertz CT molecular complexity index is 8090. The van der Waals surface area contributed by atoms with Crippen molar-refractivity contribution in [3.63, 3.8) is 0 Å². The van der Waals surface area contributed by atoms with Gasteiger partial charge in [0.1, 0.15) is 73.9 Å². The number of unbranched alkanes of at least 4 members (excludes halogenated alkanes) is 2. The molecule has 0 aromatic heterocycles. The molecule has 12 aromatic rings. The van der Waals surface area contributed by atoms with Gasteiger partial charge in [-0.3, -0.25) is 0 Å². The summed E-state index contributed by atoms with van der Waals surface area (Å²) in [5.41, 5.74) is 5.72. The van der Waals surface area contributed by atoms with Crippen LogP contribution in [0.1, 0.15) is 249 Å². The van der Waals surface area contributed by atoms with E-state index >= 15 is 0 Å². The number of hydrogen-bond donors (Lipinski definition) is 6. The lowest BCUT2D eigenvalue weighted by atomic mass is 10.0. The van der Waals surface area contributed by atoms with Gasteiger partial charge in [0.2, 0.25) is 0 Å². The van der Waals surface area contributed by atoms with E-state index in [1.165, 1.54) is 108 Å². The fraction of sp³-hybridized carbons (Fsp3) is 0.429. The van der Waals surface area contributed by atoms with E-state index < -0.39 is 217 Å². The fourth-order valence-electron chi connectivity index (χ4n) is 13.1. The molecule has 0 aliphatic heterocycles. The summed E-state index contributed by atoms with van der Waals surface area (Å²) in [5.74, 6) is 1.71. The van der Waals surface area contributed by atoms with E-state index in [0.717, 1.165) is 113 Å². The molecule has 0 saturated heterocycles. The molecule has 6 unspecified atom stereocenters. The third-order valence-electron chi connectivity index (χ3n) is 20.6. The summed E-state index contributed by atoms with van der Waals surface area (Å²) in [5, 5.41) is 62.5. The zero-order valence-electron chi connectivity index (χ0n) is 135. The molecule has 12 aromatic carbocycles. The summed E-state index contributed by atoms with van der Waals surface area (Å²) in [7, 11) is -4.54. The van der Waals surface area contributed by atoms with Crippen molar-refractivity contribution in [2.45, 2.75) is 232 Å². The molecule has 0 aliphatic carbocycles. The Balaban J connectivity index is 0.000000318. The fourth-order valence-corrected chi connectivity index (χ4v) is 13.1. The van der Waals surface area contributed by atoms with E-state index in [0.29, 0.717) is 59.3 Å². The molecule has 150 heavy (non-hydrogen) atoms. The van der Waals surface area contributed by atoms with Crippen molar-refractivity contribution in [3.8, 4) is 103 Å². The quantitative estimate of drug-likeness (QED) is 0.0193. The summed E-state index contributed by atoms with van der Waals surface area (Å²) >= 11 is 0. The van der Waals surface area contributed by atoms with Gasteiger partial charge in [-0.2, -0.15) is 0 Å². The molecular formula is C126H168O24. The Morgan fingerprint density at radius 1 is 0.227 bits per heavy atom. The van der Waals surface area contributed by atoms with Crippen molar-refractivity contribution in [2.24, 2.45) is 0 Å². The average molecular weight is 2120 g/mol. The maximum absolute atomic E-state index is 10.5. The van der Waals surface area contributed by atoms with Gasteiger partial charge in [0.25, 0.3) is 0 Å². The molecule has 24 heteroatoms. The Morgan fingerprint density at radius 2 is 0.427 bits per heavy atom. The number of aryl methyl sites for hydroxylation is 12. The van der Waals surface area contributed by atoms with Gasteiger partial charge in [0.15, 0.2) is 69.0 Å². The molecule has 0 aliphatic rings. The van der Waals surface area contributed by atoms with Crippen LogP contribution in [0.2, 0.25) is 0 Å². The van der Waals surface area contributed by atoms with Crippen molar-refractivity contribution in [2.75, 3.05) is 124 Å². The number of aliphatic hydroxyl groups excluding tert-OH is 4. The van der Waals surface area contributed by atoms with Crippen LogP contribution in [0.25, 0.3) is 0 Å². The van der Waals surface area contributed by atoms with E-state index in [-0.39, 0.29) is 93.8 Å². The molecular weight excluding hydrogens is 1900 g/mol. The molecule has 0 amide bonds. The summed E-state index contributed by atoms with van der Waals surface area (Å²) in [4.78, 5) is 0. The number of hydrogen-bond acceptors (Lipinski definition) is 24. The number of benzene rings is 12. The highest BCUT2D eigenvalue weighted by Gasteiger charge is 2.18. The van der Waals surface area contributed by atoms with Gasteiger partial charge in [-0.25, -0.2) is 0 Å². The van der Waals surface area contributed by atoms with Crippen molar-refractivity contribution < 1.29 is 183 Å². The average Bonchev–Trinajstić information content (AvgIpc) is 0.761. The van der Waals surface area contributed by atoms with Crippen LogP contribution < -0.4 is 85.3 Å². The van der Waals surface area contributed by atoms with Crippen molar-refractivity contribution in [3.05, 3.63) is 322 Å². The Kier molecular flexibility index (Phi) is 33.0. The van der Waals surface area contributed by atoms with Crippen LogP contribution >= 0.6 is 0 Å². The molecule has 0 fully saturated rings. The van der Waals surface area contributed by atoms with Crippen LogP contribution in [-0.4, -0.2) is 192 Å². The smallest absolute Gasteiger partial charge is 0.160 e. The minimum atomic E-state index is -3.14. The first-order valence-electron chi connectivity index (χ1n) is 71.5. The standard InChI is InChI=1S/6C21H28O4/c6*1-16-7-6-10-19(13-16)25-15-18(22)9-5-4-8-17-11-12-20(23-2)21(14-17)24-3/h6*6-7,10-14,18,22H,4-5,8-9,15H2,1-3H3/i2D3,3D3,4D2,8D2,9D2,15D2;3D3,4D2,8D2,9D2,15D2;2D3,4D2,8D2,9D2,15D2;4D2,8D2,9D2,15D2;3D3,18D;18D. The number of rotatable bonds is 60. The van der Waals surface area contributed by atoms with Crippen LogP contribution in [0.3, 0.4) is 0 Å². The number of aliphatic hydroxyl groups is 6. The van der Waals surface area contributed by atoms with E-state index in [4.69, 9.17) is 152 Å². The summed E-state index contributed by atoms with van der Waals surface area (Å²) in [6.45, 7) is -1.22. The molecule has 0 spiro atoms. The van der Waals surface area contributed by atoms with Crippen molar-refractivity contribution in [1.29, 1.82) is 0 Å². The van der Waals surface area contributed by atoms with Gasteiger partial charge in [-0.15, -0.1) is 0 Å². The second-order valence-electron chi connectivity index (χ2n) is 32.4. The van der Waals surface area contributed by atoms with Crippen molar-refractivity contribution >= 4 is 0 Å². The maximum Gasteiger partial charge on any atom is 0.160 e. The normalized spacial score (nSPS) is 19.0. The van der Waals surface area contributed by atoms with Gasteiger partial charge in [0, 0.05) is 32.9 Å².